The quantitative estimate of drug-likeness (QED) is 0.849. The van der Waals surface area contributed by atoms with Crippen molar-refractivity contribution in [3.8, 4) is 6.07 Å². The van der Waals surface area contributed by atoms with E-state index in [0.717, 1.165) is 5.56 Å². The standard InChI is InChI=1S/C13H14N2O3S/c1-15(7-13(17)18)12(16)9-19-8-11-4-2-10(6-14)3-5-11/h2-5H,7-9H2,1H3,(H,17,18). The maximum atomic E-state index is 11.6. The Morgan fingerprint density at radius 1 is 1.37 bits per heavy atom. The van der Waals surface area contributed by atoms with Gasteiger partial charge in [0, 0.05) is 12.8 Å². The maximum absolute atomic E-state index is 11.6. The molecule has 0 saturated carbocycles. The van der Waals surface area contributed by atoms with Gasteiger partial charge in [-0.3, -0.25) is 9.59 Å². The first-order valence-electron chi connectivity index (χ1n) is 5.55. The Kier molecular flexibility index (Phi) is 5.90. The normalized spacial score (nSPS) is 9.68. The number of likely N-dealkylation sites (N-methyl/N-ethyl adjacent to an activating group) is 1. The number of thioether (sulfide) groups is 1. The van der Waals surface area contributed by atoms with Crippen LogP contribution < -0.4 is 0 Å². The van der Waals surface area contributed by atoms with Crippen LogP contribution in [-0.2, 0) is 15.3 Å². The fourth-order valence-electron chi connectivity index (χ4n) is 1.33. The van der Waals surface area contributed by atoms with Crippen LogP contribution in [0.5, 0.6) is 0 Å². The number of carboxylic acid groups (broad SMARTS) is 1. The Morgan fingerprint density at radius 2 is 2.00 bits per heavy atom. The first kappa shape index (κ1) is 15.1. The molecule has 0 bridgehead atoms. The highest BCUT2D eigenvalue weighted by atomic mass is 32.2. The van der Waals surface area contributed by atoms with E-state index >= 15 is 0 Å². The Hall–Kier alpha value is -2.00. The number of nitriles is 1. The minimum Gasteiger partial charge on any atom is -0.480 e. The van der Waals surface area contributed by atoms with Gasteiger partial charge in [0.1, 0.15) is 6.54 Å². The van der Waals surface area contributed by atoms with Crippen LogP contribution in [-0.4, -0.2) is 41.2 Å². The molecule has 0 fully saturated rings. The van der Waals surface area contributed by atoms with Gasteiger partial charge in [-0.05, 0) is 17.7 Å². The third-order valence-corrected chi connectivity index (χ3v) is 3.36. The van der Waals surface area contributed by atoms with E-state index in [-0.39, 0.29) is 18.2 Å². The molecule has 1 aromatic rings. The molecule has 0 saturated heterocycles. The Balaban J connectivity index is 2.35. The molecule has 100 valence electrons. The van der Waals surface area contributed by atoms with Crippen molar-refractivity contribution in [3.63, 3.8) is 0 Å². The van der Waals surface area contributed by atoms with E-state index in [4.69, 9.17) is 10.4 Å². The fourth-order valence-corrected chi connectivity index (χ4v) is 2.26. The summed E-state index contributed by atoms with van der Waals surface area (Å²) in [6, 6.07) is 9.19. The Morgan fingerprint density at radius 3 is 2.53 bits per heavy atom. The summed E-state index contributed by atoms with van der Waals surface area (Å²) in [7, 11) is 1.47. The number of aliphatic carboxylic acids is 1. The first-order chi connectivity index (χ1) is 9.02. The van der Waals surface area contributed by atoms with Crippen molar-refractivity contribution in [3.05, 3.63) is 35.4 Å². The monoisotopic (exact) mass is 278 g/mol. The molecule has 0 spiro atoms. The van der Waals surface area contributed by atoms with E-state index in [1.807, 2.05) is 18.2 Å². The summed E-state index contributed by atoms with van der Waals surface area (Å²) in [5.74, 6) is -0.337. The second kappa shape index (κ2) is 7.44. The van der Waals surface area contributed by atoms with E-state index in [9.17, 15) is 9.59 Å². The van der Waals surface area contributed by atoms with Gasteiger partial charge in [0.05, 0.1) is 17.4 Å². The minimum absolute atomic E-state index is 0.207. The number of rotatable bonds is 6. The number of carboxylic acids is 1. The molecule has 1 aromatic carbocycles. The third kappa shape index (κ3) is 5.44. The number of amides is 1. The van der Waals surface area contributed by atoms with E-state index in [0.29, 0.717) is 11.3 Å². The van der Waals surface area contributed by atoms with Crippen molar-refractivity contribution in [1.29, 1.82) is 5.26 Å². The van der Waals surface area contributed by atoms with Gasteiger partial charge in [0.2, 0.25) is 5.91 Å². The van der Waals surface area contributed by atoms with Crippen LogP contribution >= 0.6 is 11.8 Å². The number of carbonyl (C=O) groups is 2. The number of nitrogens with zero attached hydrogens (tertiary/aromatic N) is 2. The summed E-state index contributed by atoms with van der Waals surface area (Å²) in [6.07, 6.45) is 0. The summed E-state index contributed by atoms with van der Waals surface area (Å²) < 4.78 is 0. The average Bonchev–Trinajstić information content (AvgIpc) is 2.38. The second-order valence-corrected chi connectivity index (χ2v) is 4.93. The number of hydrogen-bond acceptors (Lipinski definition) is 4. The zero-order valence-electron chi connectivity index (χ0n) is 10.5. The highest BCUT2D eigenvalue weighted by Gasteiger charge is 2.11. The predicted molar refractivity (Wildman–Crippen MR) is 72.6 cm³/mol. The molecule has 1 N–H and O–H groups in total. The van der Waals surface area contributed by atoms with Crippen molar-refractivity contribution >= 4 is 23.6 Å². The second-order valence-electron chi connectivity index (χ2n) is 3.95. The molecule has 0 unspecified atom stereocenters. The summed E-state index contributed by atoms with van der Waals surface area (Å²) >= 11 is 1.42. The first-order valence-corrected chi connectivity index (χ1v) is 6.71. The van der Waals surface area contributed by atoms with Gasteiger partial charge in [0.15, 0.2) is 0 Å². The van der Waals surface area contributed by atoms with Gasteiger partial charge in [0.25, 0.3) is 0 Å². The molecule has 6 heteroatoms. The number of benzene rings is 1. The molecule has 0 radical (unpaired) electrons. The lowest BCUT2D eigenvalue weighted by molar-refractivity contribution is -0.142. The topological polar surface area (TPSA) is 81.4 Å². The lowest BCUT2D eigenvalue weighted by Gasteiger charge is -2.13. The molecular weight excluding hydrogens is 264 g/mol. The third-order valence-electron chi connectivity index (χ3n) is 2.38. The molecule has 0 atom stereocenters. The zero-order valence-corrected chi connectivity index (χ0v) is 11.3. The highest BCUT2D eigenvalue weighted by molar-refractivity contribution is 7.99. The Bertz CT molecular complexity index is 494. The highest BCUT2D eigenvalue weighted by Crippen LogP contribution is 2.13. The van der Waals surface area contributed by atoms with Crippen molar-refractivity contribution in [2.75, 3.05) is 19.3 Å². The Labute approximate surface area is 115 Å². The van der Waals surface area contributed by atoms with Crippen molar-refractivity contribution in [2.45, 2.75) is 5.75 Å². The smallest absolute Gasteiger partial charge is 0.323 e. The summed E-state index contributed by atoms with van der Waals surface area (Å²) in [6.45, 7) is -0.281. The SMILES string of the molecule is CN(CC(=O)O)C(=O)CSCc1ccc(C#N)cc1. The molecule has 0 aromatic heterocycles. The summed E-state index contributed by atoms with van der Waals surface area (Å²) in [5, 5.41) is 17.2. The zero-order chi connectivity index (χ0) is 14.3. The summed E-state index contributed by atoms with van der Waals surface area (Å²) in [4.78, 5) is 23.2. The van der Waals surface area contributed by atoms with Gasteiger partial charge in [-0.1, -0.05) is 12.1 Å². The lowest BCUT2D eigenvalue weighted by atomic mass is 10.2. The van der Waals surface area contributed by atoms with Crippen LogP contribution in [0.25, 0.3) is 0 Å². The van der Waals surface area contributed by atoms with E-state index in [1.54, 1.807) is 12.1 Å². The van der Waals surface area contributed by atoms with Gasteiger partial charge < -0.3 is 10.0 Å². The molecule has 0 heterocycles. The van der Waals surface area contributed by atoms with Crippen LogP contribution in [0.3, 0.4) is 0 Å². The van der Waals surface area contributed by atoms with Crippen LogP contribution in [0.15, 0.2) is 24.3 Å². The number of carbonyl (C=O) groups excluding carboxylic acids is 1. The maximum Gasteiger partial charge on any atom is 0.323 e. The van der Waals surface area contributed by atoms with Crippen LogP contribution in [0.2, 0.25) is 0 Å². The molecule has 1 rings (SSSR count). The van der Waals surface area contributed by atoms with Gasteiger partial charge >= 0.3 is 5.97 Å². The number of hydrogen-bond donors (Lipinski definition) is 1. The predicted octanol–water partition coefficient (Wildman–Crippen LogP) is 1.33. The molecule has 0 aliphatic rings. The van der Waals surface area contributed by atoms with Crippen molar-refractivity contribution in [2.24, 2.45) is 0 Å². The lowest BCUT2D eigenvalue weighted by Crippen LogP contribution is -2.33. The van der Waals surface area contributed by atoms with Crippen molar-refractivity contribution in [1.82, 2.24) is 4.90 Å². The van der Waals surface area contributed by atoms with E-state index in [2.05, 4.69) is 0 Å². The molecular formula is C13H14N2O3S. The van der Waals surface area contributed by atoms with Crippen molar-refractivity contribution < 1.29 is 14.7 Å². The van der Waals surface area contributed by atoms with Crippen LogP contribution in [0, 0.1) is 11.3 Å². The summed E-state index contributed by atoms with van der Waals surface area (Å²) in [5.41, 5.74) is 1.63. The molecule has 0 aliphatic carbocycles. The van der Waals surface area contributed by atoms with E-state index < -0.39 is 5.97 Å². The minimum atomic E-state index is -1.02. The van der Waals surface area contributed by atoms with Gasteiger partial charge in [-0.2, -0.15) is 5.26 Å². The van der Waals surface area contributed by atoms with Gasteiger partial charge in [-0.15, -0.1) is 11.8 Å². The molecule has 5 nitrogen and oxygen atoms in total. The largest absolute Gasteiger partial charge is 0.480 e. The van der Waals surface area contributed by atoms with Gasteiger partial charge in [-0.25, -0.2) is 0 Å². The molecule has 0 aliphatic heterocycles. The molecule has 1 amide bonds. The van der Waals surface area contributed by atoms with Crippen LogP contribution in [0.4, 0.5) is 0 Å². The fraction of sp³-hybridized carbons (Fsp3) is 0.308. The van der Waals surface area contributed by atoms with E-state index in [1.165, 1.54) is 23.7 Å². The molecule has 19 heavy (non-hydrogen) atoms. The average molecular weight is 278 g/mol. The van der Waals surface area contributed by atoms with Crippen LogP contribution in [0.1, 0.15) is 11.1 Å².